The molecule has 0 amide bonds. The van der Waals surface area contributed by atoms with Crippen molar-refractivity contribution in [3.05, 3.63) is 14.5 Å². The van der Waals surface area contributed by atoms with Crippen LogP contribution in [0.3, 0.4) is 0 Å². The van der Waals surface area contributed by atoms with E-state index in [9.17, 15) is 0 Å². The number of hydrogen-bond donors (Lipinski definition) is 1. The first-order chi connectivity index (χ1) is 6.81. The summed E-state index contributed by atoms with van der Waals surface area (Å²) in [5, 5.41) is 4.50. The molecule has 4 heteroatoms. The predicted octanol–water partition coefficient (Wildman–Crippen LogP) is 3.28. The molecule has 1 aliphatic carbocycles. The van der Waals surface area contributed by atoms with Gasteiger partial charge in [0.25, 0.3) is 0 Å². The molecule has 1 heterocycles. The van der Waals surface area contributed by atoms with Crippen LogP contribution in [-0.2, 0) is 6.54 Å². The number of aromatic nitrogens is 1. The van der Waals surface area contributed by atoms with Gasteiger partial charge in [-0.15, -0.1) is 11.3 Å². The molecule has 2 rings (SSSR count). The number of nitrogens with one attached hydrogen (secondary N) is 1. The molecule has 2 nitrogen and oxygen atoms in total. The van der Waals surface area contributed by atoms with E-state index < -0.39 is 0 Å². The van der Waals surface area contributed by atoms with Crippen LogP contribution in [0.5, 0.6) is 0 Å². The molecule has 0 atom stereocenters. The summed E-state index contributed by atoms with van der Waals surface area (Å²) >= 11 is 5.39. The second kappa shape index (κ2) is 4.73. The Morgan fingerprint density at radius 3 is 2.86 bits per heavy atom. The molecule has 1 N–H and O–H groups in total. The van der Waals surface area contributed by atoms with Crippen molar-refractivity contribution in [3.8, 4) is 0 Å². The van der Waals surface area contributed by atoms with E-state index in [1.54, 1.807) is 0 Å². The molecule has 14 heavy (non-hydrogen) atoms. The second-order valence-corrected chi connectivity index (χ2v) is 5.64. The third-order valence-electron chi connectivity index (χ3n) is 2.71. The Hall–Kier alpha value is 0.0700. The zero-order valence-corrected chi connectivity index (χ0v) is 10.7. The molecular weight excluding hydrogens is 260 g/mol. The number of thiazole rings is 1. The highest BCUT2D eigenvalue weighted by molar-refractivity contribution is 9.10. The largest absolute Gasteiger partial charge is 0.315 e. The zero-order valence-electron chi connectivity index (χ0n) is 8.35. The molecule has 78 valence electrons. The van der Waals surface area contributed by atoms with Gasteiger partial charge in [0.1, 0.15) is 4.60 Å². The van der Waals surface area contributed by atoms with E-state index in [-0.39, 0.29) is 0 Å². The maximum Gasteiger partial charge on any atom is 0.121 e. The van der Waals surface area contributed by atoms with Crippen LogP contribution in [-0.4, -0.2) is 12.0 Å². The molecule has 0 spiro atoms. The molecule has 0 aliphatic heterocycles. The maximum absolute atomic E-state index is 4.61. The van der Waals surface area contributed by atoms with E-state index in [2.05, 4.69) is 26.2 Å². The maximum atomic E-state index is 4.61. The van der Waals surface area contributed by atoms with Crippen LogP contribution in [0.25, 0.3) is 0 Å². The molecule has 1 fully saturated rings. The van der Waals surface area contributed by atoms with Crippen molar-refractivity contribution in [2.24, 2.45) is 0 Å². The first-order valence-corrected chi connectivity index (χ1v) is 6.72. The van der Waals surface area contributed by atoms with E-state index in [1.165, 1.54) is 35.6 Å². The van der Waals surface area contributed by atoms with E-state index in [0.29, 0.717) is 0 Å². The van der Waals surface area contributed by atoms with Crippen LogP contribution in [0, 0.1) is 0 Å². The Bertz CT molecular complexity index is 305. The molecule has 0 aromatic carbocycles. The van der Waals surface area contributed by atoms with E-state index in [0.717, 1.165) is 17.1 Å². The van der Waals surface area contributed by atoms with Crippen molar-refractivity contribution >= 4 is 27.3 Å². The lowest BCUT2D eigenvalue weighted by Gasteiger charge is -2.02. The smallest absolute Gasteiger partial charge is 0.121 e. The van der Waals surface area contributed by atoms with Gasteiger partial charge >= 0.3 is 0 Å². The molecule has 1 saturated carbocycles. The van der Waals surface area contributed by atoms with Gasteiger partial charge in [-0.2, -0.15) is 0 Å². The third kappa shape index (κ3) is 2.18. The van der Waals surface area contributed by atoms with Gasteiger partial charge in [0.05, 0.1) is 9.88 Å². The van der Waals surface area contributed by atoms with Crippen molar-refractivity contribution in [2.75, 3.05) is 7.05 Å². The summed E-state index contributed by atoms with van der Waals surface area (Å²) < 4.78 is 1.04. The first-order valence-electron chi connectivity index (χ1n) is 5.11. The highest BCUT2D eigenvalue weighted by Gasteiger charge is 2.21. The minimum atomic E-state index is 0.738. The third-order valence-corrected chi connectivity index (χ3v) is 4.84. The quantitative estimate of drug-likeness (QED) is 0.915. The van der Waals surface area contributed by atoms with Crippen LogP contribution in [0.1, 0.15) is 41.5 Å². The zero-order chi connectivity index (χ0) is 9.97. The topological polar surface area (TPSA) is 24.9 Å². The molecule has 1 aromatic rings. The fraction of sp³-hybridized carbons (Fsp3) is 0.700. The molecule has 1 aliphatic rings. The van der Waals surface area contributed by atoms with Crippen LogP contribution in [0.4, 0.5) is 0 Å². The van der Waals surface area contributed by atoms with Gasteiger partial charge in [-0.3, -0.25) is 0 Å². The number of nitrogens with zero attached hydrogens (tertiary/aromatic N) is 1. The summed E-state index contributed by atoms with van der Waals surface area (Å²) in [5.74, 6) is 0.738. The van der Waals surface area contributed by atoms with Gasteiger partial charge < -0.3 is 5.32 Å². The fourth-order valence-electron chi connectivity index (χ4n) is 1.97. The van der Waals surface area contributed by atoms with Crippen LogP contribution >= 0.6 is 27.3 Å². The SMILES string of the molecule is CNCc1sc(C2CCCC2)nc1Br. The summed E-state index contributed by atoms with van der Waals surface area (Å²) in [4.78, 5) is 5.93. The fourth-order valence-corrected chi connectivity index (χ4v) is 3.80. The van der Waals surface area contributed by atoms with E-state index >= 15 is 0 Å². The Balaban J connectivity index is 2.14. The summed E-state index contributed by atoms with van der Waals surface area (Å²) in [6.45, 7) is 0.922. The van der Waals surface area contributed by atoms with Crippen molar-refractivity contribution in [1.29, 1.82) is 0 Å². The van der Waals surface area contributed by atoms with Crippen LogP contribution in [0.2, 0.25) is 0 Å². The van der Waals surface area contributed by atoms with E-state index in [1.807, 2.05) is 18.4 Å². The summed E-state index contributed by atoms with van der Waals surface area (Å²) in [5.41, 5.74) is 0. The Morgan fingerprint density at radius 1 is 1.50 bits per heavy atom. The van der Waals surface area contributed by atoms with Crippen LogP contribution < -0.4 is 5.32 Å². The minimum Gasteiger partial charge on any atom is -0.315 e. The Kier molecular flexibility index (Phi) is 3.57. The molecule has 0 bridgehead atoms. The van der Waals surface area contributed by atoms with Gasteiger partial charge in [0.2, 0.25) is 0 Å². The Morgan fingerprint density at radius 2 is 2.21 bits per heavy atom. The molecule has 0 saturated heterocycles. The Labute approximate surface area is 97.3 Å². The summed E-state index contributed by atoms with van der Waals surface area (Å²) in [6, 6.07) is 0. The van der Waals surface area contributed by atoms with Crippen molar-refractivity contribution < 1.29 is 0 Å². The molecular formula is C10H15BrN2S. The lowest BCUT2D eigenvalue weighted by molar-refractivity contribution is 0.714. The lowest BCUT2D eigenvalue weighted by Crippen LogP contribution is -2.03. The molecule has 0 radical (unpaired) electrons. The second-order valence-electron chi connectivity index (χ2n) is 3.78. The lowest BCUT2D eigenvalue weighted by atomic mass is 10.1. The minimum absolute atomic E-state index is 0.738. The van der Waals surface area contributed by atoms with Crippen molar-refractivity contribution in [1.82, 2.24) is 10.3 Å². The van der Waals surface area contributed by atoms with Crippen LogP contribution in [0.15, 0.2) is 4.60 Å². The predicted molar refractivity (Wildman–Crippen MR) is 63.8 cm³/mol. The monoisotopic (exact) mass is 274 g/mol. The van der Waals surface area contributed by atoms with Gasteiger partial charge in [-0.1, -0.05) is 12.8 Å². The standard InChI is InChI=1S/C10H15BrN2S/c1-12-6-8-9(11)13-10(14-8)7-4-2-3-5-7/h7,12H,2-6H2,1H3. The molecule has 0 unspecified atom stereocenters. The van der Waals surface area contributed by atoms with Gasteiger partial charge in [-0.25, -0.2) is 4.98 Å². The first kappa shape index (κ1) is 10.6. The normalized spacial score (nSPS) is 17.9. The number of rotatable bonds is 3. The average molecular weight is 275 g/mol. The average Bonchev–Trinajstić information content (AvgIpc) is 2.76. The summed E-state index contributed by atoms with van der Waals surface area (Å²) in [7, 11) is 1.97. The summed E-state index contributed by atoms with van der Waals surface area (Å²) in [6.07, 6.45) is 5.42. The highest BCUT2D eigenvalue weighted by atomic mass is 79.9. The van der Waals surface area contributed by atoms with E-state index in [4.69, 9.17) is 0 Å². The van der Waals surface area contributed by atoms with Crippen molar-refractivity contribution in [3.63, 3.8) is 0 Å². The highest BCUT2D eigenvalue weighted by Crippen LogP contribution is 2.38. The number of halogens is 1. The van der Waals surface area contributed by atoms with Crippen molar-refractivity contribution in [2.45, 2.75) is 38.1 Å². The molecule has 1 aromatic heterocycles. The van der Waals surface area contributed by atoms with Gasteiger partial charge in [0.15, 0.2) is 0 Å². The number of hydrogen-bond acceptors (Lipinski definition) is 3. The van der Waals surface area contributed by atoms with Gasteiger partial charge in [0, 0.05) is 12.5 Å². The van der Waals surface area contributed by atoms with Gasteiger partial charge in [-0.05, 0) is 35.8 Å².